The quantitative estimate of drug-likeness (QED) is 0.712. The van der Waals surface area contributed by atoms with Gasteiger partial charge in [0, 0.05) is 25.9 Å². The first-order chi connectivity index (χ1) is 15.1. The van der Waals surface area contributed by atoms with Crippen molar-refractivity contribution >= 4 is 17.5 Å². The molecule has 4 rings (SSSR count). The maximum atomic E-state index is 13.3. The highest BCUT2D eigenvalue weighted by molar-refractivity contribution is 6.07. The van der Waals surface area contributed by atoms with Gasteiger partial charge in [-0.3, -0.25) is 14.5 Å². The lowest BCUT2D eigenvalue weighted by Crippen LogP contribution is -2.50. The number of amides is 2. The number of likely N-dealkylation sites (tertiary alicyclic amines) is 1. The molecule has 1 saturated heterocycles. The number of carbonyl (C=O) groups is 2. The fourth-order valence-electron chi connectivity index (χ4n) is 5.10. The van der Waals surface area contributed by atoms with E-state index in [1.165, 1.54) is 5.56 Å². The highest BCUT2D eigenvalue weighted by Gasteiger charge is 2.58. The van der Waals surface area contributed by atoms with Crippen LogP contribution in [0.1, 0.15) is 24.0 Å². The van der Waals surface area contributed by atoms with Crippen LogP contribution in [0, 0.1) is 0 Å². The molecule has 0 aliphatic carbocycles. The Balaban J connectivity index is 1.61. The number of carbonyl (C=O) groups excluding carboxylic acids is 2. The molecule has 0 bridgehead atoms. The Bertz CT molecular complexity index is 933. The van der Waals surface area contributed by atoms with Crippen LogP contribution in [-0.4, -0.2) is 68.1 Å². The zero-order valence-electron chi connectivity index (χ0n) is 18.3. The maximum Gasteiger partial charge on any atom is 0.237 e. The van der Waals surface area contributed by atoms with Crippen LogP contribution in [0.4, 0.5) is 5.69 Å². The third kappa shape index (κ3) is 4.10. The molecule has 2 aliphatic rings. The highest BCUT2D eigenvalue weighted by atomic mass is 16.5. The molecule has 2 aromatic carbocycles. The van der Waals surface area contributed by atoms with Crippen molar-refractivity contribution in [2.24, 2.45) is 0 Å². The minimum atomic E-state index is -0.674. The van der Waals surface area contributed by atoms with Crippen molar-refractivity contribution in [2.75, 3.05) is 45.7 Å². The normalized spacial score (nSPS) is 22.2. The highest BCUT2D eigenvalue weighted by Crippen LogP contribution is 2.49. The molecule has 2 amide bonds. The van der Waals surface area contributed by atoms with Crippen LogP contribution >= 0.6 is 0 Å². The Morgan fingerprint density at radius 3 is 2.71 bits per heavy atom. The second kappa shape index (κ2) is 9.20. The maximum absolute atomic E-state index is 13.3. The van der Waals surface area contributed by atoms with Crippen molar-refractivity contribution in [3.63, 3.8) is 0 Å². The second-order valence-electron chi connectivity index (χ2n) is 8.58. The van der Waals surface area contributed by atoms with Gasteiger partial charge in [-0.05, 0) is 43.5 Å². The van der Waals surface area contributed by atoms with Crippen molar-refractivity contribution in [1.82, 2.24) is 9.80 Å². The van der Waals surface area contributed by atoms with Crippen molar-refractivity contribution in [1.29, 1.82) is 0 Å². The van der Waals surface area contributed by atoms with Crippen molar-refractivity contribution < 1.29 is 14.3 Å². The molecule has 2 heterocycles. The Kier molecular flexibility index (Phi) is 6.39. The minimum Gasteiger partial charge on any atom is -0.383 e. The van der Waals surface area contributed by atoms with Gasteiger partial charge in [0.2, 0.25) is 11.8 Å². The molecule has 1 fully saturated rings. The number of nitrogens with one attached hydrogen (secondary N) is 1. The summed E-state index contributed by atoms with van der Waals surface area (Å²) in [5.41, 5.74) is 2.46. The molecule has 2 aromatic rings. The van der Waals surface area contributed by atoms with E-state index in [2.05, 4.69) is 17.4 Å². The fraction of sp³-hybridized carbons (Fsp3) is 0.440. The molecule has 2 aliphatic heterocycles. The van der Waals surface area contributed by atoms with Gasteiger partial charge in [0.25, 0.3) is 0 Å². The Hall–Kier alpha value is -2.70. The number of anilines is 1. The molecular formula is C25H31N3O3. The van der Waals surface area contributed by atoms with Gasteiger partial charge in [-0.25, -0.2) is 0 Å². The average Bonchev–Trinajstić information content (AvgIpc) is 3.30. The van der Waals surface area contributed by atoms with Gasteiger partial charge in [-0.1, -0.05) is 48.5 Å². The standard InChI is InChI=1S/C25H31N3O3/c1-27(16-17-31-2)18-23(29)28-15-14-25(20-10-6-7-11-21(20)26-24(25)30)22(28)13-12-19-8-4-3-5-9-19/h3-11,22H,12-18H2,1-2H3,(H,26,30)/t22-,25+/m0/s1. The van der Waals surface area contributed by atoms with Gasteiger partial charge in [-0.15, -0.1) is 0 Å². The molecule has 1 N–H and O–H groups in total. The molecule has 164 valence electrons. The summed E-state index contributed by atoms with van der Waals surface area (Å²) in [6, 6.07) is 18.0. The van der Waals surface area contributed by atoms with Crippen LogP contribution in [0.3, 0.4) is 0 Å². The predicted molar refractivity (Wildman–Crippen MR) is 121 cm³/mol. The third-order valence-corrected chi connectivity index (χ3v) is 6.71. The number of methoxy groups -OCH3 is 1. The first-order valence-corrected chi connectivity index (χ1v) is 11.0. The number of aryl methyl sites for hydroxylation is 1. The van der Waals surface area contributed by atoms with Crippen molar-refractivity contribution in [3.8, 4) is 0 Å². The van der Waals surface area contributed by atoms with E-state index in [-0.39, 0.29) is 17.9 Å². The zero-order chi connectivity index (χ0) is 21.8. The van der Waals surface area contributed by atoms with Crippen LogP contribution in [0.15, 0.2) is 54.6 Å². The third-order valence-electron chi connectivity index (χ3n) is 6.71. The average molecular weight is 422 g/mol. The predicted octanol–water partition coefficient (Wildman–Crippen LogP) is 2.69. The van der Waals surface area contributed by atoms with E-state index in [0.29, 0.717) is 32.7 Å². The van der Waals surface area contributed by atoms with E-state index in [4.69, 9.17) is 4.74 Å². The van der Waals surface area contributed by atoms with E-state index in [1.807, 2.05) is 59.3 Å². The van der Waals surface area contributed by atoms with Crippen LogP contribution < -0.4 is 5.32 Å². The monoisotopic (exact) mass is 421 g/mol. The largest absolute Gasteiger partial charge is 0.383 e. The summed E-state index contributed by atoms with van der Waals surface area (Å²) in [6.07, 6.45) is 2.23. The number of rotatable bonds is 8. The van der Waals surface area contributed by atoms with Crippen LogP contribution in [0.2, 0.25) is 0 Å². The Labute approximate surface area is 184 Å². The molecule has 31 heavy (non-hydrogen) atoms. The molecule has 0 aromatic heterocycles. The number of likely N-dealkylation sites (N-methyl/N-ethyl adjacent to an activating group) is 1. The van der Waals surface area contributed by atoms with Crippen LogP contribution in [0.5, 0.6) is 0 Å². The fourth-order valence-corrected chi connectivity index (χ4v) is 5.10. The summed E-state index contributed by atoms with van der Waals surface area (Å²) in [4.78, 5) is 30.6. The lowest BCUT2D eigenvalue weighted by Gasteiger charge is -2.35. The van der Waals surface area contributed by atoms with E-state index in [0.717, 1.165) is 24.1 Å². The SMILES string of the molecule is COCCN(C)CC(=O)N1CC[C@]2(C(=O)Nc3ccccc32)[C@@H]1CCc1ccccc1. The summed E-state index contributed by atoms with van der Waals surface area (Å²) in [7, 11) is 3.59. The molecule has 0 saturated carbocycles. The number of ether oxygens (including phenoxy) is 1. The first kappa shape index (κ1) is 21.5. The molecule has 6 nitrogen and oxygen atoms in total. The van der Waals surface area contributed by atoms with Crippen molar-refractivity contribution in [2.45, 2.75) is 30.7 Å². The zero-order valence-corrected chi connectivity index (χ0v) is 18.3. The number of hydrogen-bond donors (Lipinski definition) is 1. The molecule has 2 atom stereocenters. The number of para-hydroxylation sites is 1. The minimum absolute atomic E-state index is 0.0230. The van der Waals surface area contributed by atoms with E-state index in [1.54, 1.807) is 7.11 Å². The van der Waals surface area contributed by atoms with Gasteiger partial charge in [-0.2, -0.15) is 0 Å². The van der Waals surface area contributed by atoms with Gasteiger partial charge in [0.1, 0.15) is 0 Å². The Morgan fingerprint density at radius 2 is 1.94 bits per heavy atom. The van der Waals surface area contributed by atoms with Crippen LogP contribution in [-0.2, 0) is 26.2 Å². The summed E-state index contributed by atoms with van der Waals surface area (Å²) < 4.78 is 5.14. The van der Waals surface area contributed by atoms with E-state index >= 15 is 0 Å². The van der Waals surface area contributed by atoms with E-state index < -0.39 is 5.41 Å². The number of nitrogens with zero attached hydrogens (tertiary/aromatic N) is 2. The van der Waals surface area contributed by atoms with Gasteiger partial charge < -0.3 is 15.0 Å². The number of hydrogen-bond acceptors (Lipinski definition) is 4. The molecule has 6 heteroatoms. The van der Waals surface area contributed by atoms with Gasteiger partial charge in [0.15, 0.2) is 0 Å². The van der Waals surface area contributed by atoms with Gasteiger partial charge >= 0.3 is 0 Å². The summed E-state index contributed by atoms with van der Waals surface area (Å²) in [5.74, 6) is 0.0977. The lowest BCUT2D eigenvalue weighted by molar-refractivity contribution is -0.134. The molecule has 0 unspecified atom stereocenters. The molecule has 1 spiro atoms. The Morgan fingerprint density at radius 1 is 1.19 bits per heavy atom. The van der Waals surface area contributed by atoms with E-state index in [9.17, 15) is 9.59 Å². The van der Waals surface area contributed by atoms with Crippen molar-refractivity contribution in [3.05, 3.63) is 65.7 Å². The smallest absolute Gasteiger partial charge is 0.237 e. The summed E-state index contributed by atoms with van der Waals surface area (Å²) in [6.45, 7) is 2.20. The molecular weight excluding hydrogens is 390 g/mol. The second-order valence-corrected chi connectivity index (χ2v) is 8.58. The topological polar surface area (TPSA) is 61.9 Å². The van der Waals surface area contributed by atoms with Crippen LogP contribution in [0.25, 0.3) is 0 Å². The summed E-state index contributed by atoms with van der Waals surface area (Å²) in [5, 5.41) is 3.08. The summed E-state index contributed by atoms with van der Waals surface area (Å²) >= 11 is 0. The van der Waals surface area contributed by atoms with Gasteiger partial charge in [0.05, 0.1) is 24.6 Å². The molecule has 0 radical (unpaired) electrons. The number of benzene rings is 2. The number of fused-ring (bicyclic) bond motifs is 2. The first-order valence-electron chi connectivity index (χ1n) is 11.0. The lowest BCUT2D eigenvalue weighted by atomic mass is 9.73.